The van der Waals surface area contributed by atoms with Gasteiger partial charge in [-0.2, -0.15) is 0 Å². The van der Waals surface area contributed by atoms with Crippen molar-refractivity contribution in [3.05, 3.63) is 70.1 Å². The molecule has 2 amide bonds. The number of pyridine rings is 1. The number of hydrogen-bond acceptors (Lipinski definition) is 4. The number of likely N-dealkylation sites (N-methyl/N-ethyl adjacent to an activating group) is 1. The van der Waals surface area contributed by atoms with Gasteiger partial charge in [-0.05, 0) is 45.0 Å². The van der Waals surface area contributed by atoms with Crippen molar-refractivity contribution in [2.45, 2.75) is 31.8 Å². The maximum absolute atomic E-state index is 12.9. The molecule has 2 aromatic rings. The molecule has 0 aliphatic carbocycles. The second kappa shape index (κ2) is 10.2. The minimum absolute atomic E-state index is 0.0419. The lowest BCUT2D eigenvalue weighted by molar-refractivity contribution is -0.132. The van der Waals surface area contributed by atoms with Crippen LogP contribution in [0.3, 0.4) is 0 Å². The first-order valence-electron chi connectivity index (χ1n) is 10.4. The molecule has 1 aromatic carbocycles. The highest BCUT2D eigenvalue weighted by Gasteiger charge is 2.19. The normalized spacial score (nSPS) is 15.1. The molecule has 1 fully saturated rings. The quantitative estimate of drug-likeness (QED) is 0.757. The zero-order chi connectivity index (χ0) is 21.5. The van der Waals surface area contributed by atoms with Gasteiger partial charge in [-0.3, -0.25) is 14.4 Å². The van der Waals surface area contributed by atoms with Crippen molar-refractivity contribution < 1.29 is 9.59 Å². The van der Waals surface area contributed by atoms with Crippen LogP contribution in [0.5, 0.6) is 0 Å². The first-order valence-corrected chi connectivity index (χ1v) is 10.4. The Labute approximate surface area is 177 Å². The Bertz CT molecular complexity index is 918. The molecule has 30 heavy (non-hydrogen) atoms. The van der Waals surface area contributed by atoms with Gasteiger partial charge in [0.15, 0.2) is 0 Å². The van der Waals surface area contributed by atoms with Crippen LogP contribution in [0.2, 0.25) is 0 Å². The molecule has 7 nitrogen and oxygen atoms in total. The largest absolute Gasteiger partial charge is 0.344 e. The van der Waals surface area contributed by atoms with E-state index in [1.165, 1.54) is 22.9 Å². The van der Waals surface area contributed by atoms with Crippen LogP contribution in [0.4, 0.5) is 0 Å². The summed E-state index contributed by atoms with van der Waals surface area (Å²) in [7, 11) is 3.91. The number of aromatic nitrogens is 1. The molecular weight excluding hydrogens is 380 g/mol. The van der Waals surface area contributed by atoms with E-state index in [0.29, 0.717) is 12.1 Å². The monoisotopic (exact) mass is 410 g/mol. The van der Waals surface area contributed by atoms with Crippen LogP contribution < -0.4 is 10.9 Å². The molecule has 2 heterocycles. The average Bonchev–Trinajstić information content (AvgIpc) is 2.75. The second-order valence-electron chi connectivity index (χ2n) is 8.02. The molecule has 1 aliphatic rings. The highest BCUT2D eigenvalue weighted by molar-refractivity contribution is 5.94. The molecule has 1 atom stereocenters. The van der Waals surface area contributed by atoms with Crippen molar-refractivity contribution in [2.24, 2.45) is 0 Å². The SMILES string of the molecule is CN(C)CC(NC(=O)c1ccc(=O)n(CC(=O)N2CCCCC2)c1)c1ccccc1. The summed E-state index contributed by atoms with van der Waals surface area (Å²) in [4.78, 5) is 41.5. The molecule has 1 N–H and O–H groups in total. The van der Waals surface area contributed by atoms with Gasteiger partial charge in [0.2, 0.25) is 5.91 Å². The number of carbonyl (C=O) groups excluding carboxylic acids is 2. The van der Waals surface area contributed by atoms with E-state index < -0.39 is 0 Å². The first-order chi connectivity index (χ1) is 14.4. The Hall–Kier alpha value is -2.93. The van der Waals surface area contributed by atoms with Crippen LogP contribution in [0.15, 0.2) is 53.5 Å². The lowest BCUT2D eigenvalue weighted by Crippen LogP contribution is -2.40. The van der Waals surface area contributed by atoms with Gasteiger partial charge in [-0.1, -0.05) is 30.3 Å². The Morgan fingerprint density at radius 3 is 2.40 bits per heavy atom. The van der Waals surface area contributed by atoms with Crippen LogP contribution in [-0.4, -0.2) is 59.9 Å². The topological polar surface area (TPSA) is 74.6 Å². The summed E-state index contributed by atoms with van der Waals surface area (Å²) < 4.78 is 1.33. The van der Waals surface area contributed by atoms with Gasteiger partial charge in [0.25, 0.3) is 11.5 Å². The van der Waals surface area contributed by atoms with Gasteiger partial charge in [0, 0.05) is 31.9 Å². The van der Waals surface area contributed by atoms with Gasteiger partial charge < -0.3 is 19.7 Å². The summed E-state index contributed by atoms with van der Waals surface area (Å²) in [5, 5.41) is 3.05. The van der Waals surface area contributed by atoms with Crippen LogP contribution in [0, 0.1) is 0 Å². The number of likely N-dealkylation sites (tertiary alicyclic amines) is 1. The predicted molar refractivity (Wildman–Crippen MR) is 116 cm³/mol. The Morgan fingerprint density at radius 2 is 1.73 bits per heavy atom. The lowest BCUT2D eigenvalue weighted by atomic mass is 10.1. The van der Waals surface area contributed by atoms with Crippen molar-refractivity contribution in [1.29, 1.82) is 0 Å². The minimum Gasteiger partial charge on any atom is -0.344 e. The summed E-state index contributed by atoms with van der Waals surface area (Å²) >= 11 is 0. The number of hydrogen-bond donors (Lipinski definition) is 1. The smallest absolute Gasteiger partial charge is 0.253 e. The molecule has 7 heteroatoms. The fourth-order valence-corrected chi connectivity index (χ4v) is 3.70. The molecule has 3 rings (SSSR count). The molecule has 1 unspecified atom stereocenters. The average molecular weight is 411 g/mol. The summed E-state index contributed by atoms with van der Waals surface area (Å²) in [6, 6.07) is 12.4. The Balaban J connectivity index is 1.74. The third-order valence-corrected chi connectivity index (χ3v) is 5.32. The highest BCUT2D eigenvalue weighted by atomic mass is 16.2. The maximum Gasteiger partial charge on any atom is 0.253 e. The summed E-state index contributed by atoms with van der Waals surface area (Å²) in [6.45, 7) is 2.07. The fourth-order valence-electron chi connectivity index (χ4n) is 3.70. The lowest BCUT2D eigenvalue weighted by Gasteiger charge is -2.27. The number of nitrogens with zero attached hydrogens (tertiary/aromatic N) is 3. The molecule has 1 aromatic heterocycles. The summed E-state index contributed by atoms with van der Waals surface area (Å²) in [5.41, 5.74) is 1.08. The van der Waals surface area contributed by atoms with Crippen LogP contribution in [0.25, 0.3) is 0 Å². The van der Waals surface area contributed by atoms with E-state index in [2.05, 4.69) is 5.32 Å². The molecule has 1 saturated heterocycles. The van der Waals surface area contributed by atoms with Crippen LogP contribution in [-0.2, 0) is 11.3 Å². The molecule has 0 bridgehead atoms. The van der Waals surface area contributed by atoms with Crippen LogP contribution >= 0.6 is 0 Å². The second-order valence-corrected chi connectivity index (χ2v) is 8.02. The summed E-state index contributed by atoms with van der Waals surface area (Å²) in [6.07, 6.45) is 4.61. The fraction of sp³-hybridized carbons (Fsp3) is 0.435. The number of carbonyl (C=O) groups is 2. The molecule has 160 valence electrons. The maximum atomic E-state index is 12.9. The molecule has 0 saturated carbocycles. The number of rotatable bonds is 7. The predicted octanol–water partition coefficient (Wildman–Crippen LogP) is 1.89. The Kier molecular flexibility index (Phi) is 7.41. The number of benzene rings is 1. The number of nitrogens with one attached hydrogen (secondary N) is 1. The third kappa shape index (κ3) is 5.79. The van der Waals surface area contributed by atoms with Crippen molar-refractivity contribution in [1.82, 2.24) is 19.7 Å². The zero-order valence-electron chi connectivity index (χ0n) is 17.7. The van der Waals surface area contributed by atoms with Gasteiger partial charge in [0.05, 0.1) is 11.6 Å². The van der Waals surface area contributed by atoms with E-state index in [4.69, 9.17) is 0 Å². The van der Waals surface area contributed by atoms with Gasteiger partial charge >= 0.3 is 0 Å². The molecule has 1 aliphatic heterocycles. The van der Waals surface area contributed by atoms with Crippen molar-refractivity contribution >= 4 is 11.8 Å². The minimum atomic E-state index is -0.287. The molecule has 0 radical (unpaired) electrons. The van der Waals surface area contributed by atoms with Gasteiger partial charge in [0.1, 0.15) is 6.54 Å². The first kappa shape index (κ1) is 21.8. The van der Waals surface area contributed by atoms with Crippen molar-refractivity contribution in [3.63, 3.8) is 0 Å². The van der Waals surface area contributed by atoms with Crippen LogP contribution in [0.1, 0.15) is 41.2 Å². The van der Waals surface area contributed by atoms with E-state index in [-0.39, 0.29) is 30.0 Å². The summed E-state index contributed by atoms with van der Waals surface area (Å²) in [5.74, 6) is -0.353. The molecular formula is C23H30N4O3. The van der Waals surface area contributed by atoms with E-state index in [1.807, 2.05) is 49.3 Å². The van der Waals surface area contributed by atoms with Gasteiger partial charge in [-0.25, -0.2) is 0 Å². The van der Waals surface area contributed by atoms with E-state index in [1.54, 1.807) is 4.90 Å². The van der Waals surface area contributed by atoms with Gasteiger partial charge in [-0.15, -0.1) is 0 Å². The van der Waals surface area contributed by atoms with Crippen molar-refractivity contribution in [2.75, 3.05) is 33.7 Å². The Morgan fingerprint density at radius 1 is 1.03 bits per heavy atom. The number of amides is 2. The van der Waals surface area contributed by atoms with E-state index in [9.17, 15) is 14.4 Å². The molecule has 0 spiro atoms. The number of piperidine rings is 1. The third-order valence-electron chi connectivity index (χ3n) is 5.32. The zero-order valence-corrected chi connectivity index (χ0v) is 17.7. The van der Waals surface area contributed by atoms with Crippen molar-refractivity contribution in [3.8, 4) is 0 Å². The standard InChI is InChI=1S/C23H30N4O3/c1-25(2)16-20(18-9-5-3-6-10-18)24-23(30)19-11-12-21(28)27(15-19)17-22(29)26-13-7-4-8-14-26/h3,5-6,9-12,15,20H,4,7-8,13-14,16-17H2,1-2H3,(H,24,30). The van der Waals surface area contributed by atoms with E-state index >= 15 is 0 Å². The highest BCUT2D eigenvalue weighted by Crippen LogP contribution is 2.14. The van der Waals surface area contributed by atoms with E-state index in [0.717, 1.165) is 37.9 Å².